The van der Waals surface area contributed by atoms with Gasteiger partial charge in [0.1, 0.15) is 0 Å². The SMILES string of the molecule is CC(C)[N+]1(CC2CC2)CCCC1.[I-]. The van der Waals surface area contributed by atoms with E-state index in [2.05, 4.69) is 13.8 Å². The second kappa shape index (κ2) is 4.47. The maximum atomic E-state index is 2.41. The first-order chi connectivity index (χ1) is 5.73. The molecular weight excluding hydrogens is 273 g/mol. The Hall–Kier alpha value is 0.690. The average molecular weight is 295 g/mol. The monoisotopic (exact) mass is 295 g/mol. The van der Waals surface area contributed by atoms with Gasteiger partial charge in [-0.25, -0.2) is 0 Å². The molecule has 0 spiro atoms. The number of nitrogens with zero attached hydrogens (tertiary/aromatic N) is 1. The van der Waals surface area contributed by atoms with Crippen molar-refractivity contribution >= 4 is 0 Å². The quantitative estimate of drug-likeness (QED) is 0.483. The number of hydrogen-bond acceptors (Lipinski definition) is 0. The molecule has 1 heterocycles. The van der Waals surface area contributed by atoms with E-state index in [1.807, 2.05) is 0 Å². The van der Waals surface area contributed by atoms with Gasteiger partial charge in [-0.2, -0.15) is 0 Å². The summed E-state index contributed by atoms with van der Waals surface area (Å²) in [5.41, 5.74) is 0. The van der Waals surface area contributed by atoms with Gasteiger partial charge in [-0.1, -0.05) is 0 Å². The molecule has 0 amide bonds. The Labute approximate surface area is 99.5 Å². The molecular formula is C11H22IN. The van der Waals surface area contributed by atoms with Crippen LogP contribution in [-0.4, -0.2) is 30.2 Å². The molecule has 2 aliphatic rings. The third kappa shape index (κ3) is 2.58. The lowest BCUT2D eigenvalue weighted by Gasteiger charge is -2.38. The topological polar surface area (TPSA) is 0 Å². The zero-order valence-corrected chi connectivity index (χ0v) is 11.1. The zero-order chi connectivity index (χ0) is 8.60. The highest BCUT2D eigenvalue weighted by Crippen LogP contribution is 2.35. The maximum absolute atomic E-state index is 2.41. The van der Waals surface area contributed by atoms with E-state index in [1.54, 1.807) is 0 Å². The molecule has 0 radical (unpaired) electrons. The average Bonchev–Trinajstić information content (AvgIpc) is 2.66. The summed E-state index contributed by atoms with van der Waals surface area (Å²) in [5.74, 6) is 1.10. The van der Waals surface area contributed by atoms with Gasteiger partial charge in [-0.05, 0) is 26.7 Å². The van der Waals surface area contributed by atoms with Gasteiger partial charge in [0.25, 0.3) is 0 Å². The normalized spacial score (nSPS) is 26.1. The van der Waals surface area contributed by atoms with Crippen molar-refractivity contribution in [1.29, 1.82) is 0 Å². The van der Waals surface area contributed by atoms with Crippen LogP contribution in [0.1, 0.15) is 39.5 Å². The lowest BCUT2D eigenvalue weighted by molar-refractivity contribution is -0.938. The summed E-state index contributed by atoms with van der Waals surface area (Å²) < 4.78 is 1.45. The van der Waals surface area contributed by atoms with E-state index < -0.39 is 0 Å². The summed E-state index contributed by atoms with van der Waals surface area (Å²) in [5, 5.41) is 0. The first kappa shape index (κ1) is 11.8. The minimum absolute atomic E-state index is 0. The summed E-state index contributed by atoms with van der Waals surface area (Å²) in [6.07, 6.45) is 6.00. The summed E-state index contributed by atoms with van der Waals surface area (Å²) in [7, 11) is 0. The summed E-state index contributed by atoms with van der Waals surface area (Å²) in [4.78, 5) is 0. The van der Waals surface area contributed by atoms with Gasteiger partial charge < -0.3 is 28.5 Å². The molecule has 2 rings (SSSR count). The van der Waals surface area contributed by atoms with Crippen LogP contribution in [0.2, 0.25) is 0 Å². The molecule has 0 aromatic heterocycles. The number of quaternary nitrogens is 1. The first-order valence-electron chi connectivity index (χ1n) is 5.59. The highest BCUT2D eigenvalue weighted by molar-refractivity contribution is 4.74. The van der Waals surface area contributed by atoms with E-state index in [9.17, 15) is 0 Å². The summed E-state index contributed by atoms with van der Waals surface area (Å²) in [6.45, 7) is 9.25. The molecule has 2 fully saturated rings. The van der Waals surface area contributed by atoms with Gasteiger partial charge in [0, 0.05) is 18.8 Å². The maximum Gasteiger partial charge on any atom is 0.0833 e. The standard InChI is InChI=1S/C11H22N.HI/c1-10(2)12(7-3-4-8-12)9-11-5-6-11;/h10-11H,3-9H2,1-2H3;1H/q+1;/p-1. The van der Waals surface area contributed by atoms with Gasteiger partial charge in [0.15, 0.2) is 0 Å². The van der Waals surface area contributed by atoms with Gasteiger partial charge in [-0.15, -0.1) is 0 Å². The fourth-order valence-corrected chi connectivity index (χ4v) is 2.69. The lowest BCUT2D eigenvalue weighted by Crippen LogP contribution is -3.00. The minimum Gasteiger partial charge on any atom is -1.00 e. The Kier molecular flexibility index (Phi) is 4.05. The van der Waals surface area contributed by atoms with Crippen LogP contribution in [0, 0.1) is 5.92 Å². The molecule has 78 valence electrons. The minimum atomic E-state index is 0. The van der Waals surface area contributed by atoms with E-state index in [1.165, 1.54) is 49.8 Å². The number of halogens is 1. The third-order valence-electron chi connectivity index (χ3n) is 3.87. The van der Waals surface area contributed by atoms with Crippen LogP contribution >= 0.6 is 0 Å². The van der Waals surface area contributed by atoms with Gasteiger partial charge in [0.05, 0.1) is 25.7 Å². The third-order valence-corrected chi connectivity index (χ3v) is 3.87. The molecule has 0 N–H and O–H groups in total. The van der Waals surface area contributed by atoms with Gasteiger partial charge >= 0.3 is 0 Å². The molecule has 0 aromatic rings. The van der Waals surface area contributed by atoms with Gasteiger partial charge in [-0.3, -0.25) is 0 Å². The highest BCUT2D eigenvalue weighted by Gasteiger charge is 2.40. The van der Waals surface area contributed by atoms with Crippen molar-refractivity contribution in [2.75, 3.05) is 19.6 Å². The predicted octanol–water partition coefficient (Wildman–Crippen LogP) is -0.581. The van der Waals surface area contributed by atoms with Crippen LogP contribution < -0.4 is 24.0 Å². The van der Waals surface area contributed by atoms with Crippen molar-refractivity contribution < 1.29 is 28.5 Å². The largest absolute Gasteiger partial charge is 1.00 e. The Morgan fingerprint density at radius 1 is 1.15 bits per heavy atom. The van der Waals surface area contributed by atoms with Crippen LogP contribution in [0.5, 0.6) is 0 Å². The zero-order valence-electron chi connectivity index (χ0n) is 8.93. The molecule has 1 nitrogen and oxygen atoms in total. The molecule has 1 saturated carbocycles. The van der Waals surface area contributed by atoms with E-state index in [-0.39, 0.29) is 24.0 Å². The van der Waals surface area contributed by atoms with E-state index in [4.69, 9.17) is 0 Å². The Morgan fingerprint density at radius 3 is 2.08 bits per heavy atom. The van der Waals surface area contributed by atoms with Gasteiger partial charge in [0.2, 0.25) is 0 Å². The number of likely N-dealkylation sites (tertiary alicyclic amines) is 1. The molecule has 13 heavy (non-hydrogen) atoms. The van der Waals surface area contributed by atoms with Crippen molar-refractivity contribution in [3.05, 3.63) is 0 Å². The second-order valence-corrected chi connectivity index (χ2v) is 5.09. The number of rotatable bonds is 3. The van der Waals surface area contributed by atoms with E-state index >= 15 is 0 Å². The molecule has 2 heteroatoms. The fourth-order valence-electron chi connectivity index (χ4n) is 2.69. The van der Waals surface area contributed by atoms with Crippen molar-refractivity contribution in [1.82, 2.24) is 0 Å². The van der Waals surface area contributed by atoms with Crippen LogP contribution in [0.25, 0.3) is 0 Å². The predicted molar refractivity (Wildman–Crippen MR) is 52.0 cm³/mol. The summed E-state index contributed by atoms with van der Waals surface area (Å²) >= 11 is 0. The highest BCUT2D eigenvalue weighted by atomic mass is 127. The van der Waals surface area contributed by atoms with Crippen molar-refractivity contribution in [3.63, 3.8) is 0 Å². The number of hydrogen-bond donors (Lipinski definition) is 0. The lowest BCUT2D eigenvalue weighted by atomic mass is 10.2. The van der Waals surface area contributed by atoms with Crippen LogP contribution in [0.3, 0.4) is 0 Å². The second-order valence-electron chi connectivity index (χ2n) is 5.09. The first-order valence-corrected chi connectivity index (χ1v) is 5.59. The van der Waals surface area contributed by atoms with E-state index in [0.717, 1.165) is 12.0 Å². The molecule has 1 saturated heterocycles. The molecule has 1 aliphatic heterocycles. The Bertz CT molecular complexity index is 157. The molecule has 0 bridgehead atoms. The van der Waals surface area contributed by atoms with Crippen LogP contribution in [0.4, 0.5) is 0 Å². The van der Waals surface area contributed by atoms with Crippen LogP contribution in [0.15, 0.2) is 0 Å². The van der Waals surface area contributed by atoms with Crippen molar-refractivity contribution in [3.8, 4) is 0 Å². The fraction of sp³-hybridized carbons (Fsp3) is 1.00. The Balaban J connectivity index is 0.000000845. The van der Waals surface area contributed by atoms with Crippen molar-refractivity contribution in [2.45, 2.75) is 45.6 Å². The van der Waals surface area contributed by atoms with Crippen LogP contribution in [-0.2, 0) is 0 Å². The smallest absolute Gasteiger partial charge is 0.0833 e. The van der Waals surface area contributed by atoms with E-state index in [0.29, 0.717) is 0 Å². The summed E-state index contributed by atoms with van der Waals surface area (Å²) in [6, 6.07) is 0.869. The molecule has 0 atom stereocenters. The van der Waals surface area contributed by atoms with Crippen molar-refractivity contribution in [2.24, 2.45) is 5.92 Å². The molecule has 0 aromatic carbocycles. The molecule has 1 aliphatic carbocycles. The Morgan fingerprint density at radius 2 is 1.69 bits per heavy atom. The molecule has 0 unspecified atom stereocenters.